The van der Waals surface area contributed by atoms with Crippen molar-refractivity contribution in [3.05, 3.63) is 63.9 Å². The average molecular weight is 368 g/mol. The smallest absolute Gasteiger partial charge is 0.259 e. The molecule has 0 unspecified atom stereocenters. The fourth-order valence-corrected chi connectivity index (χ4v) is 2.83. The van der Waals surface area contributed by atoms with Crippen LogP contribution < -0.4 is 25.1 Å². The molecule has 0 aliphatic heterocycles. The molecule has 0 aliphatic carbocycles. The Kier molecular flexibility index (Phi) is 5.30. The van der Waals surface area contributed by atoms with Gasteiger partial charge in [0.2, 0.25) is 0 Å². The first kappa shape index (κ1) is 18.3. The van der Waals surface area contributed by atoms with E-state index >= 15 is 0 Å². The molecule has 1 aromatic heterocycles. The highest BCUT2D eigenvalue weighted by molar-refractivity contribution is 5.99. The number of ether oxygens (including phenoxy) is 3. The van der Waals surface area contributed by atoms with E-state index in [-0.39, 0.29) is 17.7 Å². The zero-order valence-electron chi connectivity index (χ0n) is 15.3. The van der Waals surface area contributed by atoms with Gasteiger partial charge >= 0.3 is 0 Å². The quantitative estimate of drug-likeness (QED) is 0.698. The number of aromatic nitrogens is 1. The number of hydrogen-bond acceptors (Lipinski definition) is 5. The van der Waals surface area contributed by atoms with Crippen LogP contribution in [0.5, 0.6) is 17.2 Å². The van der Waals surface area contributed by atoms with E-state index in [2.05, 4.69) is 10.3 Å². The second-order valence-electron chi connectivity index (χ2n) is 5.80. The van der Waals surface area contributed by atoms with E-state index in [1.807, 2.05) is 6.07 Å². The molecule has 0 spiro atoms. The molecule has 1 amide bonds. The lowest BCUT2D eigenvalue weighted by atomic mass is 10.1. The topological polar surface area (TPSA) is 89.7 Å². The molecule has 7 nitrogen and oxygen atoms in total. The van der Waals surface area contributed by atoms with Gasteiger partial charge < -0.3 is 24.5 Å². The van der Waals surface area contributed by atoms with Crippen LogP contribution >= 0.6 is 0 Å². The summed E-state index contributed by atoms with van der Waals surface area (Å²) >= 11 is 0. The number of fused-ring (bicyclic) bond motifs is 1. The summed E-state index contributed by atoms with van der Waals surface area (Å²) in [7, 11) is 4.54. The maximum absolute atomic E-state index is 12.6. The van der Waals surface area contributed by atoms with Crippen LogP contribution in [-0.4, -0.2) is 32.2 Å². The van der Waals surface area contributed by atoms with Gasteiger partial charge in [0.25, 0.3) is 11.5 Å². The standard InChI is InChI=1S/C20H20N2O5/c1-25-14-7-8-15-12(10-14)9-13(19(23)22-15)11-21-20(24)18-16(26-2)5-4-6-17(18)27-3/h4-10H,11H2,1-3H3,(H,21,24)(H,22,23). The molecule has 27 heavy (non-hydrogen) atoms. The lowest BCUT2D eigenvalue weighted by Gasteiger charge is -2.13. The molecular weight excluding hydrogens is 348 g/mol. The Bertz CT molecular complexity index is 1020. The molecular formula is C20H20N2O5. The third kappa shape index (κ3) is 3.72. The van der Waals surface area contributed by atoms with Gasteiger partial charge in [-0.3, -0.25) is 9.59 Å². The minimum atomic E-state index is -0.394. The van der Waals surface area contributed by atoms with Gasteiger partial charge in [-0.25, -0.2) is 0 Å². The van der Waals surface area contributed by atoms with E-state index in [9.17, 15) is 9.59 Å². The number of methoxy groups -OCH3 is 3. The SMILES string of the molecule is COc1ccc2[nH]c(=O)c(CNC(=O)c3c(OC)cccc3OC)cc2c1. The summed E-state index contributed by atoms with van der Waals surface area (Å²) in [5, 5.41) is 3.56. The molecule has 3 rings (SSSR count). The Labute approximate surface area is 155 Å². The summed E-state index contributed by atoms with van der Waals surface area (Å²) in [5.41, 5.74) is 1.14. The van der Waals surface area contributed by atoms with Crippen LogP contribution in [0.4, 0.5) is 0 Å². The Morgan fingerprint density at radius 1 is 1.00 bits per heavy atom. The molecule has 0 atom stereocenters. The van der Waals surface area contributed by atoms with Crippen LogP contribution in [-0.2, 0) is 6.54 Å². The van der Waals surface area contributed by atoms with E-state index in [0.717, 1.165) is 5.39 Å². The van der Waals surface area contributed by atoms with Crippen LogP contribution in [0, 0.1) is 0 Å². The van der Waals surface area contributed by atoms with Crippen LogP contribution in [0.2, 0.25) is 0 Å². The molecule has 2 aromatic carbocycles. The maximum atomic E-state index is 12.6. The van der Waals surface area contributed by atoms with Crippen molar-refractivity contribution in [3.63, 3.8) is 0 Å². The van der Waals surface area contributed by atoms with Gasteiger partial charge in [0.1, 0.15) is 22.8 Å². The number of carbonyl (C=O) groups is 1. The van der Waals surface area contributed by atoms with Crippen LogP contribution in [0.1, 0.15) is 15.9 Å². The maximum Gasteiger partial charge on any atom is 0.259 e. The Hall–Kier alpha value is -3.48. The zero-order valence-corrected chi connectivity index (χ0v) is 15.3. The summed E-state index contributed by atoms with van der Waals surface area (Å²) < 4.78 is 15.7. The minimum Gasteiger partial charge on any atom is -0.497 e. The third-order valence-electron chi connectivity index (χ3n) is 4.22. The van der Waals surface area contributed by atoms with E-state index < -0.39 is 5.91 Å². The molecule has 0 saturated carbocycles. The van der Waals surface area contributed by atoms with Gasteiger partial charge in [-0.15, -0.1) is 0 Å². The molecule has 7 heteroatoms. The second-order valence-corrected chi connectivity index (χ2v) is 5.80. The van der Waals surface area contributed by atoms with Gasteiger partial charge in [0, 0.05) is 23.0 Å². The highest BCUT2D eigenvalue weighted by atomic mass is 16.5. The van der Waals surface area contributed by atoms with Gasteiger partial charge in [-0.1, -0.05) is 6.07 Å². The fraction of sp³-hybridized carbons (Fsp3) is 0.200. The summed E-state index contributed by atoms with van der Waals surface area (Å²) in [4.78, 5) is 27.8. The van der Waals surface area contributed by atoms with Crippen LogP contribution in [0.3, 0.4) is 0 Å². The molecule has 0 radical (unpaired) electrons. The highest BCUT2D eigenvalue weighted by Gasteiger charge is 2.18. The molecule has 2 N–H and O–H groups in total. The Morgan fingerprint density at radius 3 is 2.33 bits per heavy atom. The van der Waals surface area contributed by atoms with E-state index in [0.29, 0.717) is 28.3 Å². The number of rotatable bonds is 6. The van der Waals surface area contributed by atoms with Gasteiger partial charge in [-0.2, -0.15) is 0 Å². The predicted molar refractivity (Wildman–Crippen MR) is 102 cm³/mol. The summed E-state index contributed by atoms with van der Waals surface area (Å²) in [6.45, 7) is 0.0581. The van der Waals surface area contributed by atoms with Crippen molar-refractivity contribution >= 4 is 16.8 Å². The molecule has 0 bridgehead atoms. The number of aromatic amines is 1. The Morgan fingerprint density at radius 2 is 1.70 bits per heavy atom. The summed E-state index contributed by atoms with van der Waals surface area (Å²) in [5.74, 6) is 1.07. The van der Waals surface area contributed by atoms with Gasteiger partial charge in [0.05, 0.1) is 21.3 Å². The molecule has 0 fully saturated rings. The van der Waals surface area contributed by atoms with Crippen LogP contribution in [0.15, 0.2) is 47.3 Å². The molecule has 140 valence electrons. The molecule has 0 aliphatic rings. The van der Waals surface area contributed by atoms with Crippen LogP contribution in [0.25, 0.3) is 10.9 Å². The zero-order chi connectivity index (χ0) is 19.4. The number of hydrogen-bond donors (Lipinski definition) is 2. The number of benzene rings is 2. The highest BCUT2D eigenvalue weighted by Crippen LogP contribution is 2.28. The van der Waals surface area contributed by atoms with Gasteiger partial charge in [0.15, 0.2) is 0 Å². The molecule has 0 saturated heterocycles. The van der Waals surface area contributed by atoms with Crippen molar-refractivity contribution in [3.8, 4) is 17.2 Å². The largest absolute Gasteiger partial charge is 0.497 e. The first-order valence-corrected chi connectivity index (χ1v) is 8.26. The Balaban J connectivity index is 1.87. The van der Waals surface area contributed by atoms with Crippen molar-refractivity contribution in [2.45, 2.75) is 6.54 Å². The van der Waals surface area contributed by atoms with Crippen molar-refractivity contribution in [2.24, 2.45) is 0 Å². The fourth-order valence-electron chi connectivity index (χ4n) is 2.83. The lowest BCUT2D eigenvalue weighted by Crippen LogP contribution is -2.27. The van der Waals surface area contributed by atoms with E-state index in [1.54, 1.807) is 43.5 Å². The normalized spacial score (nSPS) is 10.5. The number of amides is 1. The molecule has 3 aromatic rings. The number of nitrogens with one attached hydrogen (secondary N) is 2. The minimum absolute atomic E-state index is 0.0581. The average Bonchev–Trinajstić information content (AvgIpc) is 2.70. The molecule has 1 heterocycles. The van der Waals surface area contributed by atoms with Crippen molar-refractivity contribution < 1.29 is 19.0 Å². The monoisotopic (exact) mass is 368 g/mol. The van der Waals surface area contributed by atoms with Crippen molar-refractivity contribution in [2.75, 3.05) is 21.3 Å². The number of carbonyl (C=O) groups excluding carboxylic acids is 1. The van der Waals surface area contributed by atoms with E-state index in [1.165, 1.54) is 14.2 Å². The van der Waals surface area contributed by atoms with Crippen molar-refractivity contribution in [1.29, 1.82) is 0 Å². The predicted octanol–water partition coefficient (Wildman–Crippen LogP) is 2.48. The number of pyridine rings is 1. The third-order valence-corrected chi connectivity index (χ3v) is 4.22. The second kappa shape index (κ2) is 7.82. The summed E-state index contributed by atoms with van der Waals surface area (Å²) in [6, 6.07) is 12.2. The summed E-state index contributed by atoms with van der Waals surface area (Å²) in [6.07, 6.45) is 0. The lowest BCUT2D eigenvalue weighted by molar-refractivity contribution is 0.0944. The first-order chi connectivity index (χ1) is 13.1. The first-order valence-electron chi connectivity index (χ1n) is 8.26. The van der Waals surface area contributed by atoms with Gasteiger partial charge in [-0.05, 0) is 36.4 Å². The number of H-pyrrole nitrogens is 1. The van der Waals surface area contributed by atoms with E-state index in [4.69, 9.17) is 14.2 Å². The van der Waals surface area contributed by atoms with Crippen molar-refractivity contribution in [1.82, 2.24) is 10.3 Å².